The highest BCUT2D eigenvalue weighted by molar-refractivity contribution is 14.1. The van der Waals surface area contributed by atoms with E-state index in [1.807, 2.05) is 13.1 Å². The number of halogens is 1. The minimum atomic E-state index is 0.153. The lowest BCUT2D eigenvalue weighted by atomic mass is 10.1. The highest BCUT2D eigenvalue weighted by Gasteiger charge is 2.19. The van der Waals surface area contributed by atoms with Crippen molar-refractivity contribution in [3.05, 3.63) is 27.1 Å². The Morgan fingerprint density at radius 1 is 1.64 bits per heavy atom. The number of rotatable bonds is 2. The number of hydrogen-bond donors (Lipinski definition) is 0. The van der Waals surface area contributed by atoms with E-state index in [1.54, 1.807) is 10.9 Å². The molecule has 0 amide bonds. The fourth-order valence-corrected chi connectivity index (χ4v) is 2.13. The first-order valence-electron chi connectivity index (χ1n) is 4.61. The monoisotopic (exact) mass is 302 g/mol. The molecule has 1 aliphatic rings. The lowest BCUT2D eigenvalue weighted by Crippen LogP contribution is -2.03. The van der Waals surface area contributed by atoms with Gasteiger partial charge in [-0.1, -0.05) is 6.08 Å². The summed E-state index contributed by atoms with van der Waals surface area (Å²) in [7, 11) is 1.85. The Hall–Kier alpha value is -0.650. The molecule has 0 radical (unpaired) electrons. The lowest BCUT2D eigenvalue weighted by molar-refractivity contribution is 0.103. The molecule has 0 spiro atoms. The molecule has 4 heteroatoms. The van der Waals surface area contributed by atoms with Gasteiger partial charge in [-0.15, -0.1) is 0 Å². The molecule has 0 saturated carbocycles. The van der Waals surface area contributed by atoms with Crippen LogP contribution in [0.5, 0.6) is 0 Å². The number of Topliss-reactive ketones (excluding diaryl/α,β-unsaturated/α-hetero) is 1. The quantitative estimate of drug-likeness (QED) is 0.621. The number of aromatic nitrogens is 2. The second kappa shape index (κ2) is 3.84. The van der Waals surface area contributed by atoms with E-state index < -0.39 is 0 Å². The van der Waals surface area contributed by atoms with Crippen LogP contribution in [0.25, 0.3) is 0 Å². The average Bonchev–Trinajstić information content (AvgIpc) is 2.77. The van der Waals surface area contributed by atoms with Crippen LogP contribution in [0.3, 0.4) is 0 Å². The molecule has 0 saturated heterocycles. The second-order valence-electron chi connectivity index (χ2n) is 3.42. The van der Waals surface area contributed by atoms with Gasteiger partial charge in [0.25, 0.3) is 0 Å². The summed E-state index contributed by atoms with van der Waals surface area (Å²) < 4.78 is 2.64. The maximum atomic E-state index is 12.0. The smallest absolute Gasteiger partial charge is 0.192 e. The third-order valence-corrected chi connectivity index (χ3v) is 3.72. The van der Waals surface area contributed by atoms with Crippen LogP contribution in [0.15, 0.2) is 17.8 Å². The first-order chi connectivity index (χ1) is 6.70. The summed E-state index contributed by atoms with van der Waals surface area (Å²) in [5.41, 5.74) is 1.69. The molecule has 0 fully saturated rings. The summed E-state index contributed by atoms with van der Waals surface area (Å²) in [4.78, 5) is 12.0. The highest BCUT2D eigenvalue weighted by atomic mass is 127. The fraction of sp³-hybridized carbons (Fsp3) is 0.400. The maximum Gasteiger partial charge on any atom is 0.192 e. The van der Waals surface area contributed by atoms with Crippen LogP contribution in [0.4, 0.5) is 0 Å². The van der Waals surface area contributed by atoms with Gasteiger partial charge in [-0.25, -0.2) is 0 Å². The standard InChI is InChI=1S/C10H11IN2O/c1-13-10(11)8(6-12-13)9(14)7-4-2-3-5-7/h4,6H,2-3,5H2,1H3. The van der Waals surface area contributed by atoms with Gasteiger partial charge in [0, 0.05) is 7.05 Å². The van der Waals surface area contributed by atoms with Crippen molar-refractivity contribution in [3.8, 4) is 0 Å². The van der Waals surface area contributed by atoms with E-state index in [0.29, 0.717) is 0 Å². The van der Waals surface area contributed by atoms with E-state index in [4.69, 9.17) is 0 Å². The van der Waals surface area contributed by atoms with Crippen molar-refractivity contribution in [2.75, 3.05) is 0 Å². The molecule has 0 unspecified atom stereocenters. The van der Waals surface area contributed by atoms with Gasteiger partial charge in [0.2, 0.25) is 0 Å². The van der Waals surface area contributed by atoms with Crippen LogP contribution >= 0.6 is 22.6 Å². The number of aryl methyl sites for hydroxylation is 1. The van der Waals surface area contributed by atoms with Gasteiger partial charge in [-0.3, -0.25) is 9.48 Å². The van der Waals surface area contributed by atoms with Crippen LogP contribution in [-0.2, 0) is 7.05 Å². The molecule has 0 bridgehead atoms. The van der Waals surface area contributed by atoms with Crippen LogP contribution in [0.2, 0.25) is 0 Å². The van der Waals surface area contributed by atoms with Crippen LogP contribution in [0.1, 0.15) is 29.6 Å². The van der Waals surface area contributed by atoms with Crippen molar-refractivity contribution < 1.29 is 4.79 Å². The number of hydrogen-bond acceptors (Lipinski definition) is 2. The number of nitrogens with zero attached hydrogens (tertiary/aromatic N) is 2. The molecule has 14 heavy (non-hydrogen) atoms. The Labute approximate surface area is 96.3 Å². The molecule has 1 heterocycles. The first-order valence-corrected chi connectivity index (χ1v) is 5.69. The van der Waals surface area contributed by atoms with E-state index in [1.165, 1.54) is 0 Å². The third-order valence-electron chi connectivity index (χ3n) is 2.44. The third kappa shape index (κ3) is 1.63. The predicted molar refractivity (Wildman–Crippen MR) is 62.2 cm³/mol. The number of carbonyl (C=O) groups excluding carboxylic acids is 1. The number of allylic oxidation sites excluding steroid dienone is 2. The minimum Gasteiger partial charge on any atom is -0.289 e. The van der Waals surface area contributed by atoms with E-state index in [0.717, 1.165) is 34.1 Å². The highest BCUT2D eigenvalue weighted by Crippen LogP contribution is 2.23. The summed E-state index contributed by atoms with van der Waals surface area (Å²) in [6, 6.07) is 0. The molecule has 0 aromatic carbocycles. The maximum absolute atomic E-state index is 12.0. The Morgan fingerprint density at radius 2 is 2.43 bits per heavy atom. The van der Waals surface area contributed by atoms with Crippen LogP contribution < -0.4 is 0 Å². The Morgan fingerprint density at radius 3 is 2.93 bits per heavy atom. The zero-order chi connectivity index (χ0) is 10.1. The lowest BCUT2D eigenvalue weighted by Gasteiger charge is -1.99. The van der Waals surface area contributed by atoms with Crippen molar-refractivity contribution >= 4 is 28.4 Å². The van der Waals surface area contributed by atoms with Crippen molar-refractivity contribution in [1.82, 2.24) is 9.78 Å². The Balaban J connectivity index is 2.31. The molecule has 0 aliphatic heterocycles. The van der Waals surface area contributed by atoms with Crippen LogP contribution in [0, 0.1) is 3.70 Å². The molecule has 0 atom stereocenters. The van der Waals surface area contributed by atoms with E-state index in [-0.39, 0.29) is 5.78 Å². The largest absolute Gasteiger partial charge is 0.289 e. The normalized spacial score (nSPS) is 15.7. The number of carbonyl (C=O) groups is 1. The van der Waals surface area contributed by atoms with Crippen molar-refractivity contribution in [3.63, 3.8) is 0 Å². The minimum absolute atomic E-state index is 0.153. The summed E-state index contributed by atoms with van der Waals surface area (Å²) in [6.45, 7) is 0. The molecule has 1 aliphatic carbocycles. The topological polar surface area (TPSA) is 34.9 Å². The summed E-state index contributed by atoms with van der Waals surface area (Å²) in [5, 5.41) is 4.07. The predicted octanol–water partition coefficient (Wildman–Crippen LogP) is 2.32. The van der Waals surface area contributed by atoms with Gasteiger partial charge < -0.3 is 0 Å². The number of ketones is 1. The van der Waals surface area contributed by atoms with Gasteiger partial charge in [0.15, 0.2) is 5.78 Å². The fourth-order valence-electron chi connectivity index (χ4n) is 1.62. The van der Waals surface area contributed by atoms with Crippen molar-refractivity contribution in [2.45, 2.75) is 19.3 Å². The zero-order valence-corrected chi connectivity index (χ0v) is 10.1. The van der Waals surface area contributed by atoms with Crippen molar-refractivity contribution in [2.24, 2.45) is 7.05 Å². The van der Waals surface area contributed by atoms with Gasteiger partial charge in [-0.2, -0.15) is 5.10 Å². The molecule has 3 nitrogen and oxygen atoms in total. The SMILES string of the molecule is Cn1ncc(C(=O)C2=CCCC2)c1I. The van der Waals surface area contributed by atoms with Gasteiger partial charge in [-0.05, 0) is 47.4 Å². The second-order valence-corrected chi connectivity index (χ2v) is 4.45. The van der Waals surface area contributed by atoms with Gasteiger partial charge >= 0.3 is 0 Å². The van der Waals surface area contributed by atoms with Gasteiger partial charge in [0.1, 0.15) is 3.70 Å². The average molecular weight is 302 g/mol. The molecular weight excluding hydrogens is 291 g/mol. The molecule has 0 N–H and O–H groups in total. The molecule has 1 aromatic rings. The van der Waals surface area contributed by atoms with E-state index in [9.17, 15) is 4.79 Å². The summed E-state index contributed by atoms with van der Waals surface area (Å²) >= 11 is 2.15. The molecule has 1 aromatic heterocycles. The van der Waals surface area contributed by atoms with Crippen LogP contribution in [-0.4, -0.2) is 15.6 Å². The molecule has 2 rings (SSSR count). The van der Waals surface area contributed by atoms with Crippen molar-refractivity contribution in [1.29, 1.82) is 0 Å². The van der Waals surface area contributed by atoms with E-state index >= 15 is 0 Å². The van der Waals surface area contributed by atoms with Gasteiger partial charge in [0.05, 0.1) is 11.8 Å². The van der Waals surface area contributed by atoms with E-state index in [2.05, 4.69) is 27.7 Å². The summed E-state index contributed by atoms with van der Waals surface area (Å²) in [6.07, 6.45) is 6.77. The Bertz CT molecular complexity index is 406. The molecular formula is C10H11IN2O. The summed E-state index contributed by atoms with van der Waals surface area (Å²) in [5.74, 6) is 0.153. The molecule has 74 valence electrons. The zero-order valence-electron chi connectivity index (χ0n) is 7.96. The first kappa shape index (κ1) is 9.89. The Kier molecular flexibility index (Phi) is 2.71.